The molecule has 164 valence electrons. The van der Waals surface area contributed by atoms with Crippen molar-refractivity contribution in [2.75, 3.05) is 20.3 Å². The lowest BCUT2D eigenvalue weighted by atomic mass is 9.98. The predicted molar refractivity (Wildman–Crippen MR) is 96.0 cm³/mol. The first-order valence-electron chi connectivity index (χ1n) is 9.15. The zero-order chi connectivity index (χ0) is 21.4. The molecule has 1 aliphatic rings. The lowest BCUT2D eigenvalue weighted by molar-refractivity contribution is -0.297. The number of hydrogen-bond acceptors (Lipinski definition) is 9. The van der Waals surface area contributed by atoms with Gasteiger partial charge in [-0.1, -0.05) is 6.92 Å². The monoisotopic (exact) mass is 408 g/mol. The molecule has 1 saturated heterocycles. The number of rotatable bonds is 10. The van der Waals surface area contributed by atoms with Crippen molar-refractivity contribution in [1.29, 1.82) is 0 Å². The average Bonchev–Trinajstić information content (AvgIpc) is 2.64. The molecule has 28 heavy (non-hydrogen) atoms. The Labute approximate surface area is 164 Å². The molecular weight excluding hydrogens is 376 g/mol. The van der Waals surface area contributed by atoms with E-state index in [1.165, 1.54) is 21.0 Å². The lowest BCUT2D eigenvalue weighted by Gasteiger charge is -2.41. The number of carbonyl (C=O) groups is 2. The molecule has 11 heteroatoms. The molecule has 0 radical (unpaired) electrons. The molecule has 0 aromatic carbocycles. The van der Waals surface area contributed by atoms with Gasteiger partial charge in [0.2, 0.25) is 11.8 Å². The summed E-state index contributed by atoms with van der Waals surface area (Å²) in [5.41, 5.74) is 0. The van der Waals surface area contributed by atoms with E-state index in [0.29, 0.717) is 6.42 Å². The van der Waals surface area contributed by atoms with E-state index in [0.717, 1.165) is 0 Å². The van der Waals surface area contributed by atoms with E-state index in [2.05, 4.69) is 10.6 Å². The minimum Gasteiger partial charge on any atom is -0.388 e. The minimum absolute atomic E-state index is 0.0977. The molecule has 2 amide bonds. The van der Waals surface area contributed by atoms with E-state index in [-0.39, 0.29) is 19.1 Å². The lowest BCUT2D eigenvalue weighted by Crippen LogP contribution is -2.61. The van der Waals surface area contributed by atoms with E-state index < -0.39 is 54.9 Å². The SMILES string of the molecule is CC[C@@H](OC)C(O)[C@H](COC1OC(CNC(C)=O)C(O)C(O)C1O)NC(C)=O. The van der Waals surface area contributed by atoms with E-state index >= 15 is 0 Å². The first-order valence-corrected chi connectivity index (χ1v) is 9.15. The van der Waals surface area contributed by atoms with Gasteiger partial charge < -0.3 is 45.3 Å². The van der Waals surface area contributed by atoms with Crippen LogP contribution in [0.15, 0.2) is 0 Å². The van der Waals surface area contributed by atoms with Crippen molar-refractivity contribution in [2.24, 2.45) is 0 Å². The van der Waals surface area contributed by atoms with Gasteiger partial charge in [0.1, 0.15) is 30.5 Å². The Balaban J connectivity index is 2.80. The highest BCUT2D eigenvalue weighted by molar-refractivity contribution is 5.73. The Morgan fingerprint density at radius 2 is 1.75 bits per heavy atom. The molecule has 0 aliphatic carbocycles. The first kappa shape index (κ1) is 24.7. The van der Waals surface area contributed by atoms with Gasteiger partial charge in [0.15, 0.2) is 6.29 Å². The van der Waals surface area contributed by atoms with Crippen LogP contribution in [0.25, 0.3) is 0 Å². The largest absolute Gasteiger partial charge is 0.388 e. The highest BCUT2D eigenvalue weighted by Gasteiger charge is 2.44. The van der Waals surface area contributed by atoms with Crippen LogP contribution >= 0.6 is 0 Å². The molecule has 0 bridgehead atoms. The second kappa shape index (κ2) is 11.6. The van der Waals surface area contributed by atoms with Crippen LogP contribution in [0.3, 0.4) is 0 Å². The van der Waals surface area contributed by atoms with Crippen molar-refractivity contribution >= 4 is 11.8 Å². The Kier molecular flexibility index (Phi) is 10.2. The van der Waals surface area contributed by atoms with Gasteiger partial charge in [0.25, 0.3) is 0 Å². The summed E-state index contributed by atoms with van der Waals surface area (Å²) in [6.45, 7) is 4.02. The van der Waals surface area contributed by atoms with Crippen molar-refractivity contribution in [3.63, 3.8) is 0 Å². The number of aliphatic hydroxyl groups is 4. The van der Waals surface area contributed by atoms with Crippen LogP contribution in [0.4, 0.5) is 0 Å². The molecule has 0 spiro atoms. The maximum Gasteiger partial charge on any atom is 0.217 e. The highest BCUT2D eigenvalue weighted by atomic mass is 16.7. The molecular formula is C17H32N2O9. The number of aliphatic hydroxyl groups excluding tert-OH is 4. The number of carbonyl (C=O) groups excluding carboxylic acids is 2. The second-order valence-corrected chi connectivity index (χ2v) is 6.77. The fraction of sp³-hybridized carbons (Fsp3) is 0.882. The van der Waals surface area contributed by atoms with E-state index in [1.807, 2.05) is 0 Å². The summed E-state index contributed by atoms with van der Waals surface area (Å²) in [5.74, 6) is -0.754. The standard InChI is InChI=1S/C17H32N2O9/c1-5-11(26-4)13(22)10(19-9(3)21)7-27-17-16(25)15(24)14(23)12(28-17)6-18-8(2)20/h10-17,22-25H,5-7H2,1-4H3,(H,18,20)(H,19,21)/t10-,11+,12?,13?,14?,15?,16?,17?/m0/s1. The van der Waals surface area contributed by atoms with Gasteiger partial charge in [-0.15, -0.1) is 0 Å². The molecule has 0 saturated carbocycles. The minimum atomic E-state index is -1.57. The molecule has 0 aromatic heterocycles. The summed E-state index contributed by atoms with van der Waals surface area (Å²) in [7, 11) is 1.43. The Morgan fingerprint density at radius 1 is 1.11 bits per heavy atom. The maximum absolute atomic E-state index is 11.5. The van der Waals surface area contributed by atoms with Crippen LogP contribution in [-0.4, -0.2) is 101 Å². The van der Waals surface area contributed by atoms with Crippen LogP contribution in [-0.2, 0) is 23.8 Å². The van der Waals surface area contributed by atoms with E-state index in [4.69, 9.17) is 14.2 Å². The third-order valence-corrected chi connectivity index (χ3v) is 4.55. The zero-order valence-corrected chi connectivity index (χ0v) is 16.6. The Morgan fingerprint density at radius 3 is 2.25 bits per heavy atom. The van der Waals surface area contributed by atoms with Crippen molar-refractivity contribution in [2.45, 2.75) is 76.1 Å². The third-order valence-electron chi connectivity index (χ3n) is 4.55. The van der Waals surface area contributed by atoms with Crippen LogP contribution in [0.2, 0.25) is 0 Å². The number of hydrogen-bond donors (Lipinski definition) is 6. The predicted octanol–water partition coefficient (Wildman–Crippen LogP) is -2.76. The number of amides is 2. The topological polar surface area (TPSA) is 167 Å². The Hall–Kier alpha value is -1.34. The summed E-state index contributed by atoms with van der Waals surface area (Å²) in [6.07, 6.45) is -8.09. The van der Waals surface area contributed by atoms with Crippen molar-refractivity contribution in [3.05, 3.63) is 0 Å². The van der Waals surface area contributed by atoms with Crippen LogP contribution < -0.4 is 10.6 Å². The van der Waals surface area contributed by atoms with Gasteiger partial charge in [0.05, 0.1) is 18.8 Å². The molecule has 11 nitrogen and oxygen atoms in total. The second-order valence-electron chi connectivity index (χ2n) is 6.77. The van der Waals surface area contributed by atoms with Crippen molar-refractivity contribution < 1.29 is 44.2 Å². The summed E-state index contributed by atoms with van der Waals surface area (Å²) < 4.78 is 16.1. The molecule has 1 rings (SSSR count). The molecule has 6 unspecified atom stereocenters. The number of nitrogens with one attached hydrogen (secondary N) is 2. The third kappa shape index (κ3) is 6.92. The fourth-order valence-electron chi connectivity index (χ4n) is 2.96. The van der Waals surface area contributed by atoms with Gasteiger partial charge in [-0.2, -0.15) is 0 Å². The van der Waals surface area contributed by atoms with Gasteiger partial charge in [-0.25, -0.2) is 0 Å². The summed E-state index contributed by atoms with van der Waals surface area (Å²) in [4.78, 5) is 22.5. The maximum atomic E-state index is 11.5. The van der Waals surface area contributed by atoms with Gasteiger partial charge in [-0.05, 0) is 6.42 Å². The molecule has 0 aromatic rings. The average molecular weight is 408 g/mol. The Bertz CT molecular complexity index is 503. The molecule has 8 atom stereocenters. The fourth-order valence-corrected chi connectivity index (χ4v) is 2.96. The summed E-state index contributed by atoms with van der Waals surface area (Å²) in [5, 5.41) is 45.6. The van der Waals surface area contributed by atoms with E-state index in [1.54, 1.807) is 6.92 Å². The van der Waals surface area contributed by atoms with Crippen LogP contribution in [0.5, 0.6) is 0 Å². The van der Waals surface area contributed by atoms with Gasteiger partial charge >= 0.3 is 0 Å². The number of methoxy groups -OCH3 is 1. The van der Waals surface area contributed by atoms with Crippen molar-refractivity contribution in [3.8, 4) is 0 Å². The summed E-state index contributed by atoms with van der Waals surface area (Å²) >= 11 is 0. The smallest absolute Gasteiger partial charge is 0.217 e. The molecule has 1 fully saturated rings. The van der Waals surface area contributed by atoms with Crippen molar-refractivity contribution in [1.82, 2.24) is 10.6 Å². The number of ether oxygens (including phenoxy) is 3. The van der Waals surface area contributed by atoms with E-state index in [9.17, 15) is 30.0 Å². The van der Waals surface area contributed by atoms with Gasteiger partial charge in [-0.3, -0.25) is 9.59 Å². The molecule has 6 N–H and O–H groups in total. The zero-order valence-electron chi connectivity index (χ0n) is 16.6. The summed E-state index contributed by atoms with van der Waals surface area (Å²) in [6, 6.07) is -0.865. The normalized spacial score (nSPS) is 30.9. The first-order chi connectivity index (χ1) is 13.1. The van der Waals surface area contributed by atoms with Crippen LogP contribution in [0.1, 0.15) is 27.2 Å². The van der Waals surface area contributed by atoms with Gasteiger partial charge in [0, 0.05) is 27.5 Å². The quantitative estimate of drug-likeness (QED) is 0.224. The molecule has 1 heterocycles. The molecule has 1 aliphatic heterocycles. The highest BCUT2D eigenvalue weighted by Crippen LogP contribution is 2.22. The van der Waals surface area contributed by atoms with Crippen LogP contribution in [0, 0.1) is 0 Å².